The largest absolute Gasteiger partial charge is 0.507 e. The number of methoxy groups -OCH3 is 2. The molecule has 0 unspecified atom stereocenters. The SMILES string of the molecule is C=C(C)[C@@H]1CCC(C)=C[C@H]1c1c(O)cc(C)cc1O.C=C(C)[C@@H]1CCC(C)=C[C@H]1c1c(O)cc(CCC)cc1O.C=C(C)[C@@H]1CCC(C)=C[C@H]1c1c(O)cc(CCCC)cc1OC.C=C(C)[C@@H]1CCC(C)=C[C@H]1c1c(O)cc(CCCCC)cc1O.C=C(C)[C@@H]1CCC(C)=C[C@H]1c1c(O)cc(CCCCC)cc1OC.C=C(C)c1ccc(C)cc1-c1c(O)cc(CCCCC)cc1O. The van der Waals surface area contributed by atoms with E-state index in [1.807, 2.05) is 84.0 Å². The maximum absolute atomic E-state index is 10.8. The van der Waals surface area contributed by atoms with Crippen LogP contribution in [-0.4, -0.2) is 65.3 Å². The summed E-state index contributed by atoms with van der Waals surface area (Å²) in [6, 6.07) is 28.3. The minimum absolute atomic E-state index is 0.0194. The molecule has 10 atom stereocenters. The molecule has 0 aromatic heterocycles. The lowest BCUT2D eigenvalue weighted by Gasteiger charge is -2.32. The third-order valence-electron chi connectivity index (χ3n) is 27.7. The lowest BCUT2D eigenvalue weighted by molar-refractivity contribution is 0.381. The van der Waals surface area contributed by atoms with Crippen molar-refractivity contribution >= 4 is 5.57 Å². The van der Waals surface area contributed by atoms with Gasteiger partial charge in [0, 0.05) is 57.4 Å². The second-order valence-corrected chi connectivity index (χ2v) is 39.5. The first kappa shape index (κ1) is 109. The molecule has 12 heteroatoms. The fraction of sp³-hybridized carbons (Fsp3) is 0.471. The number of unbranched alkanes of at least 4 members (excludes halogenated alkanes) is 7. The van der Waals surface area contributed by atoms with Crippen molar-refractivity contribution < 1.29 is 60.5 Å². The maximum Gasteiger partial charge on any atom is 0.127 e. The Morgan fingerprint density at radius 3 is 0.797 bits per heavy atom. The van der Waals surface area contributed by atoms with E-state index in [1.54, 1.807) is 50.6 Å². The third-order valence-corrected chi connectivity index (χ3v) is 27.7. The molecular weight excluding hydrogens is 1650 g/mol. The van der Waals surface area contributed by atoms with Gasteiger partial charge in [0.05, 0.1) is 19.8 Å². The van der Waals surface area contributed by atoms with Crippen LogP contribution in [0.3, 0.4) is 0 Å². The lowest BCUT2D eigenvalue weighted by atomic mass is 9.73. The number of hydrogen-bond acceptors (Lipinski definition) is 12. The molecule has 0 fully saturated rings. The second kappa shape index (κ2) is 52.8. The zero-order valence-corrected chi connectivity index (χ0v) is 84.9. The molecule has 12 nitrogen and oxygen atoms in total. The smallest absolute Gasteiger partial charge is 0.127 e. The Balaban J connectivity index is 0.000000218. The van der Waals surface area contributed by atoms with Crippen molar-refractivity contribution in [1.82, 2.24) is 0 Å². The van der Waals surface area contributed by atoms with E-state index in [9.17, 15) is 51.1 Å². The molecule has 12 rings (SSSR count). The summed E-state index contributed by atoms with van der Waals surface area (Å²) in [4.78, 5) is 0. The van der Waals surface area contributed by atoms with E-state index in [0.717, 1.165) is 243 Å². The molecule has 7 aromatic carbocycles. The minimum atomic E-state index is 0.0194. The molecule has 0 amide bonds. The first-order valence-electron chi connectivity index (χ1n) is 49.5. The normalized spacial score (nSPS) is 19.6. The number of aromatic hydroxyl groups is 10. The Kier molecular flexibility index (Phi) is 43.4. The molecule has 0 heterocycles. The standard InChI is InChI=1S/C22H32O2.2C21H30O2.C21H26O2.C19H26O2.C17H22O2/c1-6-7-8-9-17-13-20(23)22(21(14-17)24-5)19-12-16(4)10-11-18(19)15(2)3;1-6-7-8-16-12-19(22)21(20(13-16)23-5)18-11-15(4)9-10-17(18)14(2)3;2*1-5-6-7-8-16-12-19(22)21(20(23)13-16)18-11-15(4)9-10-17(18)14(2)3;1-5-6-14-10-17(20)19(18(21)11-14)16-9-13(4)7-8-15(16)12(2)3;1-10(2)13-6-5-11(3)7-14(13)17-15(18)8-12(4)9-16(17)19/h12-14,18-19,23H,2,6-11H2,1,3-5H3;11-13,17-18,22H,2,6-10H2,1,3-5H3;11-13,17-18,22-23H,2,5-10H2,1,3-4H3;9-13,22-23H,2,5-8H2,1,3-4H3;9-11,15-16,20-21H,2,5-8H2,1,3-4H3;7-9,13-14,18-19H,1,5-6H2,2-4H3/t18-,19+;2*17-,18+;;15-,16+;13-,14+/m000.00/s1. The number of phenolic OH excluding ortho intramolecular Hbond substituents is 10. The van der Waals surface area contributed by atoms with E-state index in [4.69, 9.17) is 9.47 Å². The van der Waals surface area contributed by atoms with Crippen LogP contribution >= 0.6 is 0 Å². The molecule has 5 aliphatic carbocycles. The van der Waals surface area contributed by atoms with Gasteiger partial charge in [0.1, 0.15) is 69.0 Å². The van der Waals surface area contributed by atoms with Gasteiger partial charge in [-0.05, 0) is 359 Å². The van der Waals surface area contributed by atoms with Crippen LogP contribution in [0.4, 0.5) is 0 Å². The van der Waals surface area contributed by atoms with E-state index >= 15 is 0 Å². The van der Waals surface area contributed by atoms with Crippen molar-refractivity contribution in [2.45, 2.75) is 328 Å². The van der Waals surface area contributed by atoms with Crippen LogP contribution in [0.25, 0.3) is 16.7 Å². The number of ether oxygens (including phenoxy) is 2. The van der Waals surface area contributed by atoms with Crippen LogP contribution in [0.5, 0.6) is 69.0 Å². The van der Waals surface area contributed by atoms with Gasteiger partial charge >= 0.3 is 0 Å². The fourth-order valence-electron chi connectivity index (χ4n) is 20.3. The Labute approximate surface area is 801 Å². The van der Waals surface area contributed by atoms with Crippen molar-refractivity contribution in [1.29, 1.82) is 0 Å². The van der Waals surface area contributed by atoms with Crippen LogP contribution in [0, 0.1) is 43.4 Å². The molecule has 0 saturated heterocycles. The van der Waals surface area contributed by atoms with Gasteiger partial charge in [-0.3, -0.25) is 0 Å². The molecule has 10 N–H and O–H groups in total. The van der Waals surface area contributed by atoms with Crippen LogP contribution < -0.4 is 9.47 Å². The van der Waals surface area contributed by atoms with Crippen LogP contribution in [0.15, 0.2) is 217 Å². The summed E-state index contributed by atoms with van der Waals surface area (Å²) in [7, 11) is 3.39. The zero-order chi connectivity index (χ0) is 98.4. The Hall–Kier alpha value is -10.7. The fourth-order valence-corrected chi connectivity index (χ4v) is 20.3. The predicted octanol–water partition coefficient (Wildman–Crippen LogP) is 33.1. The Bertz CT molecular complexity index is 5220. The number of aryl methyl sites for hydroxylation is 7. The van der Waals surface area contributed by atoms with E-state index in [2.05, 4.69) is 165 Å². The summed E-state index contributed by atoms with van der Waals surface area (Å²) >= 11 is 0. The maximum atomic E-state index is 10.8. The summed E-state index contributed by atoms with van der Waals surface area (Å²) in [6.07, 6.45) is 40.0. The predicted molar refractivity (Wildman–Crippen MR) is 560 cm³/mol. The monoisotopic (exact) mass is 1810 g/mol. The van der Waals surface area contributed by atoms with E-state index in [-0.39, 0.29) is 93.3 Å². The van der Waals surface area contributed by atoms with Crippen molar-refractivity contribution in [2.24, 2.45) is 29.6 Å². The summed E-state index contributed by atoms with van der Waals surface area (Å²) in [5, 5.41) is 105. The summed E-state index contributed by atoms with van der Waals surface area (Å²) in [5.74, 6) is 5.73. The average molecular weight is 1810 g/mol. The number of hydrogen-bond donors (Lipinski definition) is 10. The highest BCUT2D eigenvalue weighted by Crippen LogP contribution is 2.54. The van der Waals surface area contributed by atoms with Gasteiger partial charge in [-0.25, -0.2) is 0 Å². The van der Waals surface area contributed by atoms with Crippen molar-refractivity contribution in [3.63, 3.8) is 0 Å². The van der Waals surface area contributed by atoms with Gasteiger partial charge in [-0.1, -0.05) is 241 Å². The van der Waals surface area contributed by atoms with Gasteiger partial charge in [0.25, 0.3) is 0 Å². The van der Waals surface area contributed by atoms with Crippen LogP contribution in [0.2, 0.25) is 0 Å². The molecular formula is C121H166O12. The van der Waals surface area contributed by atoms with E-state index < -0.39 is 0 Å². The van der Waals surface area contributed by atoms with E-state index in [1.165, 1.54) is 64.7 Å². The Morgan fingerprint density at radius 1 is 0.286 bits per heavy atom. The minimum Gasteiger partial charge on any atom is -0.507 e. The molecule has 5 aliphatic rings. The molecule has 0 radical (unpaired) electrons. The molecule has 133 heavy (non-hydrogen) atoms. The highest BCUT2D eigenvalue weighted by molar-refractivity contribution is 5.86. The van der Waals surface area contributed by atoms with E-state index in [0.29, 0.717) is 45.6 Å². The number of rotatable bonds is 31. The first-order valence-corrected chi connectivity index (χ1v) is 49.5. The summed E-state index contributed by atoms with van der Waals surface area (Å²) in [6.45, 7) is 62.2. The molecule has 7 aromatic rings. The molecule has 0 spiro atoms. The van der Waals surface area contributed by atoms with Crippen LogP contribution in [-0.2, 0) is 32.1 Å². The average Bonchev–Trinajstić information content (AvgIpc) is 0.794. The van der Waals surface area contributed by atoms with Gasteiger partial charge in [-0.2, -0.15) is 0 Å². The first-order chi connectivity index (χ1) is 63.1. The highest BCUT2D eigenvalue weighted by Gasteiger charge is 2.36. The number of phenols is 10. The highest BCUT2D eigenvalue weighted by atomic mass is 16.5. The zero-order valence-electron chi connectivity index (χ0n) is 84.9. The molecule has 722 valence electrons. The third kappa shape index (κ3) is 30.6. The van der Waals surface area contributed by atoms with Gasteiger partial charge < -0.3 is 60.5 Å². The lowest BCUT2D eigenvalue weighted by Crippen LogP contribution is -2.17. The topological polar surface area (TPSA) is 221 Å². The van der Waals surface area contributed by atoms with Crippen molar-refractivity contribution in [2.75, 3.05) is 14.2 Å². The summed E-state index contributed by atoms with van der Waals surface area (Å²) < 4.78 is 11.3. The van der Waals surface area contributed by atoms with Crippen molar-refractivity contribution in [3.8, 4) is 80.1 Å². The summed E-state index contributed by atoms with van der Waals surface area (Å²) in [5.41, 5.74) is 26.6. The van der Waals surface area contributed by atoms with Crippen molar-refractivity contribution in [3.05, 3.63) is 289 Å². The van der Waals surface area contributed by atoms with Crippen LogP contribution in [0.1, 0.15) is 354 Å². The van der Waals surface area contributed by atoms with Gasteiger partial charge in [0.2, 0.25) is 0 Å². The molecule has 0 saturated carbocycles. The second-order valence-electron chi connectivity index (χ2n) is 39.5. The Morgan fingerprint density at radius 2 is 0.534 bits per heavy atom. The quantitative estimate of drug-likeness (QED) is 0.0145. The number of benzene rings is 7. The molecule has 0 bridgehead atoms. The number of allylic oxidation sites excluding steroid dienone is 16. The molecule has 0 aliphatic heterocycles. The van der Waals surface area contributed by atoms with Gasteiger partial charge in [0.15, 0.2) is 0 Å². The van der Waals surface area contributed by atoms with Gasteiger partial charge in [-0.15, -0.1) is 0 Å².